The van der Waals surface area contributed by atoms with Gasteiger partial charge in [-0.2, -0.15) is 0 Å². The Kier molecular flexibility index (Phi) is 2.86. The molecule has 5 nitrogen and oxygen atoms in total. The molecule has 0 atom stereocenters. The molecule has 0 aliphatic heterocycles. The third kappa shape index (κ3) is 2.36. The number of nitrogens with two attached hydrogens (primary N) is 1. The van der Waals surface area contributed by atoms with Crippen molar-refractivity contribution in [2.45, 2.75) is 26.2 Å². The van der Waals surface area contributed by atoms with Crippen LogP contribution in [0.4, 0.5) is 11.5 Å². The zero-order valence-corrected chi connectivity index (χ0v) is 9.50. The summed E-state index contributed by atoms with van der Waals surface area (Å²) in [6.07, 6.45) is 0. The first-order valence-electron chi connectivity index (χ1n) is 4.34. The fourth-order valence-corrected chi connectivity index (χ4v) is 1.49. The Balaban J connectivity index is 3.54. The van der Waals surface area contributed by atoms with Crippen molar-refractivity contribution in [2.24, 2.45) is 0 Å². The Morgan fingerprint density at radius 2 is 2.07 bits per heavy atom. The number of anilines is 1. The number of rotatable bonds is 1. The van der Waals surface area contributed by atoms with Gasteiger partial charge < -0.3 is 5.73 Å². The number of hydrogen-bond acceptors (Lipinski definition) is 4. The molecule has 0 unspecified atom stereocenters. The highest BCUT2D eigenvalue weighted by molar-refractivity contribution is 6.29. The van der Waals surface area contributed by atoms with E-state index in [9.17, 15) is 10.1 Å². The summed E-state index contributed by atoms with van der Waals surface area (Å²) in [7, 11) is 0. The van der Waals surface area contributed by atoms with Gasteiger partial charge in [0.1, 0.15) is 5.15 Å². The molecule has 1 heterocycles. The van der Waals surface area contributed by atoms with E-state index in [1.165, 1.54) is 6.07 Å². The second kappa shape index (κ2) is 3.66. The third-order valence-electron chi connectivity index (χ3n) is 1.98. The van der Waals surface area contributed by atoms with Crippen LogP contribution in [-0.4, -0.2) is 9.91 Å². The van der Waals surface area contributed by atoms with Gasteiger partial charge in [-0.05, 0) is 11.5 Å². The molecule has 0 saturated carbocycles. The monoisotopic (exact) mass is 229 g/mol. The lowest BCUT2D eigenvalue weighted by Gasteiger charge is -2.19. The van der Waals surface area contributed by atoms with Gasteiger partial charge in [-0.25, -0.2) is 4.98 Å². The molecule has 0 spiro atoms. The molecule has 0 aromatic carbocycles. The highest BCUT2D eigenvalue weighted by Gasteiger charge is 2.28. The van der Waals surface area contributed by atoms with Crippen molar-refractivity contribution in [1.29, 1.82) is 0 Å². The highest BCUT2D eigenvalue weighted by atomic mass is 35.5. The molecule has 0 saturated heterocycles. The number of halogens is 1. The molecule has 1 rings (SSSR count). The van der Waals surface area contributed by atoms with Crippen molar-refractivity contribution in [2.75, 3.05) is 5.73 Å². The summed E-state index contributed by atoms with van der Waals surface area (Å²) in [5, 5.41) is 11.0. The van der Waals surface area contributed by atoms with Gasteiger partial charge in [0, 0.05) is 5.56 Å². The minimum Gasteiger partial charge on any atom is -0.378 e. The maximum atomic E-state index is 10.8. The quantitative estimate of drug-likeness (QED) is 0.456. The molecule has 0 aliphatic carbocycles. The lowest BCUT2D eigenvalue weighted by molar-refractivity contribution is -0.385. The molecule has 0 amide bonds. The molecule has 1 aromatic heterocycles. The zero-order valence-electron chi connectivity index (χ0n) is 8.74. The zero-order chi connectivity index (χ0) is 11.8. The van der Waals surface area contributed by atoms with Crippen LogP contribution in [-0.2, 0) is 5.41 Å². The molecular formula is C9H12ClN3O2. The number of pyridine rings is 1. The Bertz CT molecular complexity index is 413. The van der Waals surface area contributed by atoms with Crippen LogP contribution in [0.2, 0.25) is 5.15 Å². The maximum absolute atomic E-state index is 10.8. The van der Waals surface area contributed by atoms with Crippen LogP contribution >= 0.6 is 11.6 Å². The third-order valence-corrected chi connectivity index (χ3v) is 2.17. The molecule has 1 aromatic rings. The van der Waals surface area contributed by atoms with Crippen LogP contribution in [0.25, 0.3) is 0 Å². The maximum Gasteiger partial charge on any atom is 0.314 e. The van der Waals surface area contributed by atoms with E-state index in [-0.39, 0.29) is 16.7 Å². The van der Waals surface area contributed by atoms with Crippen LogP contribution in [0.5, 0.6) is 0 Å². The van der Waals surface area contributed by atoms with E-state index >= 15 is 0 Å². The summed E-state index contributed by atoms with van der Waals surface area (Å²) in [6.45, 7) is 5.56. The number of aromatic nitrogens is 1. The smallest absolute Gasteiger partial charge is 0.314 e. The van der Waals surface area contributed by atoms with E-state index < -0.39 is 10.3 Å². The summed E-state index contributed by atoms with van der Waals surface area (Å²) >= 11 is 5.72. The topological polar surface area (TPSA) is 82.0 Å². The second-order valence-corrected chi connectivity index (χ2v) is 4.62. The molecule has 0 aliphatic rings. The van der Waals surface area contributed by atoms with Crippen LogP contribution in [0.1, 0.15) is 26.3 Å². The Morgan fingerprint density at radius 3 is 2.47 bits per heavy atom. The molecular weight excluding hydrogens is 218 g/mol. The molecule has 6 heteroatoms. The minimum absolute atomic E-state index is 0.141. The predicted octanol–water partition coefficient (Wildman–Crippen LogP) is 2.52. The summed E-state index contributed by atoms with van der Waals surface area (Å²) in [4.78, 5) is 14.0. The van der Waals surface area contributed by atoms with Gasteiger partial charge in [0.15, 0.2) is 0 Å². The Labute approximate surface area is 92.4 Å². The lowest BCUT2D eigenvalue weighted by atomic mass is 9.86. The first kappa shape index (κ1) is 11.7. The number of nitro groups is 1. The summed E-state index contributed by atoms with van der Waals surface area (Å²) < 4.78 is 0. The van der Waals surface area contributed by atoms with Gasteiger partial charge in [-0.3, -0.25) is 10.1 Å². The van der Waals surface area contributed by atoms with Gasteiger partial charge >= 0.3 is 5.69 Å². The van der Waals surface area contributed by atoms with E-state index in [0.29, 0.717) is 5.56 Å². The first-order chi connectivity index (χ1) is 6.73. The van der Waals surface area contributed by atoms with Crippen LogP contribution in [0.3, 0.4) is 0 Å². The second-order valence-electron chi connectivity index (χ2n) is 4.23. The number of nitrogens with zero attached hydrogens (tertiary/aromatic N) is 2. The molecule has 0 bridgehead atoms. The predicted molar refractivity (Wildman–Crippen MR) is 59.0 cm³/mol. The minimum atomic E-state index is -0.529. The van der Waals surface area contributed by atoms with E-state index in [4.69, 9.17) is 17.3 Å². The summed E-state index contributed by atoms with van der Waals surface area (Å²) in [5.41, 5.74) is 5.41. The van der Waals surface area contributed by atoms with Crippen molar-refractivity contribution >= 4 is 23.1 Å². The molecule has 15 heavy (non-hydrogen) atoms. The van der Waals surface area contributed by atoms with Gasteiger partial charge in [-0.15, -0.1) is 0 Å². The lowest BCUT2D eigenvalue weighted by Crippen LogP contribution is -2.15. The largest absolute Gasteiger partial charge is 0.378 e. The van der Waals surface area contributed by atoms with Gasteiger partial charge in [0.25, 0.3) is 0 Å². The van der Waals surface area contributed by atoms with Crippen molar-refractivity contribution in [3.63, 3.8) is 0 Å². The van der Waals surface area contributed by atoms with Crippen LogP contribution in [0, 0.1) is 10.1 Å². The van der Waals surface area contributed by atoms with Crippen molar-refractivity contribution in [1.82, 2.24) is 4.98 Å². The average molecular weight is 230 g/mol. The molecule has 82 valence electrons. The number of nitrogen functional groups attached to an aromatic ring is 1. The van der Waals surface area contributed by atoms with E-state index in [0.717, 1.165) is 0 Å². The van der Waals surface area contributed by atoms with Crippen LogP contribution < -0.4 is 5.73 Å². The summed E-state index contributed by atoms with van der Waals surface area (Å²) in [6, 6.07) is 1.48. The van der Waals surface area contributed by atoms with E-state index in [1.54, 1.807) is 0 Å². The fraction of sp³-hybridized carbons (Fsp3) is 0.444. The van der Waals surface area contributed by atoms with E-state index in [1.807, 2.05) is 20.8 Å². The van der Waals surface area contributed by atoms with Crippen molar-refractivity contribution < 1.29 is 4.92 Å². The normalized spacial score (nSPS) is 11.5. The van der Waals surface area contributed by atoms with Gasteiger partial charge in [0.05, 0.1) is 4.92 Å². The van der Waals surface area contributed by atoms with Crippen molar-refractivity contribution in [3.8, 4) is 0 Å². The highest BCUT2D eigenvalue weighted by Crippen LogP contribution is 2.35. The first-order valence-corrected chi connectivity index (χ1v) is 4.72. The standard InChI is InChI=1S/C9H12ClN3O2/c1-9(2,3)5-4-6(10)12-8(11)7(5)13(14)15/h4H,1-3H3,(H2,11,12). The average Bonchev–Trinajstić information content (AvgIpc) is 1.99. The number of hydrogen-bond donors (Lipinski definition) is 1. The Hall–Kier alpha value is -1.36. The van der Waals surface area contributed by atoms with E-state index in [2.05, 4.69) is 4.98 Å². The van der Waals surface area contributed by atoms with Crippen LogP contribution in [0.15, 0.2) is 6.07 Å². The summed E-state index contributed by atoms with van der Waals surface area (Å²) in [5.74, 6) is -0.141. The fourth-order valence-electron chi connectivity index (χ4n) is 1.29. The Morgan fingerprint density at radius 1 is 1.53 bits per heavy atom. The molecule has 2 N–H and O–H groups in total. The molecule has 0 fully saturated rings. The molecule has 0 radical (unpaired) electrons. The van der Waals surface area contributed by atoms with Crippen molar-refractivity contribution in [3.05, 3.63) is 26.9 Å². The van der Waals surface area contributed by atoms with Gasteiger partial charge in [0.2, 0.25) is 5.82 Å². The van der Waals surface area contributed by atoms with Gasteiger partial charge in [-0.1, -0.05) is 32.4 Å². The SMILES string of the molecule is CC(C)(C)c1cc(Cl)nc(N)c1[N+](=O)[O-].